The van der Waals surface area contributed by atoms with Crippen molar-refractivity contribution >= 4 is 36.3 Å². The molecule has 1 heterocycles. The Hall–Kier alpha value is -2.19. The van der Waals surface area contributed by atoms with Crippen LogP contribution in [0.25, 0.3) is 0 Å². The van der Waals surface area contributed by atoms with Crippen LogP contribution in [0.1, 0.15) is 15.9 Å². The highest BCUT2D eigenvalue weighted by Crippen LogP contribution is 2.25. The molecule has 1 aliphatic rings. The van der Waals surface area contributed by atoms with Crippen LogP contribution < -0.4 is 4.74 Å². The quantitative estimate of drug-likeness (QED) is 0.372. The van der Waals surface area contributed by atoms with Crippen LogP contribution in [-0.4, -0.2) is 60.3 Å². The van der Waals surface area contributed by atoms with Crippen LogP contribution >= 0.6 is 24.8 Å². The second-order valence-corrected chi connectivity index (χ2v) is 6.59. The number of rotatable bonds is 7. The Morgan fingerprint density at radius 3 is 2.24 bits per heavy atom. The maximum absolute atomic E-state index is 12.3. The summed E-state index contributed by atoms with van der Waals surface area (Å²) in [6.07, 6.45) is 0. The minimum atomic E-state index is -0.393. The SMILES string of the molecule is COc1ccc([N+](=O)[O-])cc1CN1CCN(CC(=O)c2ccccc2)CC1.Cl.Cl. The zero-order chi connectivity index (χ0) is 19.2. The van der Waals surface area contributed by atoms with Gasteiger partial charge in [-0.1, -0.05) is 30.3 Å². The lowest BCUT2D eigenvalue weighted by molar-refractivity contribution is -0.385. The molecule has 1 saturated heterocycles. The molecule has 0 atom stereocenters. The summed E-state index contributed by atoms with van der Waals surface area (Å²) in [7, 11) is 1.57. The van der Waals surface area contributed by atoms with Gasteiger partial charge in [0.25, 0.3) is 5.69 Å². The van der Waals surface area contributed by atoms with E-state index >= 15 is 0 Å². The lowest BCUT2D eigenvalue weighted by Crippen LogP contribution is -2.47. The zero-order valence-electron chi connectivity index (χ0n) is 16.2. The normalized spacial score (nSPS) is 14.4. The van der Waals surface area contributed by atoms with Gasteiger partial charge in [-0.25, -0.2) is 0 Å². The number of nitrogens with zero attached hydrogens (tertiary/aromatic N) is 3. The summed E-state index contributed by atoms with van der Waals surface area (Å²) in [5.74, 6) is 0.784. The van der Waals surface area contributed by atoms with Crippen molar-refractivity contribution < 1.29 is 14.5 Å². The number of nitro groups is 1. The second kappa shape index (κ2) is 11.7. The standard InChI is InChI=1S/C20H23N3O4.2ClH/c1-27-20-8-7-18(23(25)26)13-17(20)14-21-9-11-22(12-10-21)15-19(24)16-5-3-2-4-6-16;;/h2-8,13H,9-12,14-15H2,1H3;2*1H. The molecule has 158 valence electrons. The van der Waals surface area contributed by atoms with Gasteiger partial charge < -0.3 is 4.74 Å². The van der Waals surface area contributed by atoms with Gasteiger partial charge in [0.15, 0.2) is 5.78 Å². The Morgan fingerprint density at radius 1 is 1.03 bits per heavy atom. The van der Waals surface area contributed by atoms with E-state index in [9.17, 15) is 14.9 Å². The summed E-state index contributed by atoms with van der Waals surface area (Å²) >= 11 is 0. The molecule has 0 unspecified atom stereocenters. The number of non-ortho nitro benzene ring substituents is 1. The van der Waals surface area contributed by atoms with Gasteiger partial charge in [0, 0.05) is 56.0 Å². The summed E-state index contributed by atoms with van der Waals surface area (Å²) in [6, 6.07) is 14.0. The molecule has 0 aromatic heterocycles. The highest BCUT2D eigenvalue weighted by atomic mass is 35.5. The molecule has 0 radical (unpaired) electrons. The first-order valence-corrected chi connectivity index (χ1v) is 8.91. The van der Waals surface area contributed by atoms with Crippen molar-refractivity contribution in [2.45, 2.75) is 6.54 Å². The van der Waals surface area contributed by atoms with Gasteiger partial charge in [0.1, 0.15) is 5.75 Å². The van der Waals surface area contributed by atoms with E-state index in [-0.39, 0.29) is 36.3 Å². The highest BCUT2D eigenvalue weighted by molar-refractivity contribution is 5.97. The number of nitro benzene ring substituents is 1. The Labute approximate surface area is 182 Å². The summed E-state index contributed by atoms with van der Waals surface area (Å²) in [5.41, 5.74) is 1.61. The minimum absolute atomic E-state index is 0. The van der Waals surface area contributed by atoms with Crippen LogP contribution in [-0.2, 0) is 6.54 Å². The fraction of sp³-hybridized carbons (Fsp3) is 0.350. The summed E-state index contributed by atoms with van der Waals surface area (Å²) in [4.78, 5) is 27.3. The van der Waals surface area contributed by atoms with Crippen LogP contribution in [0.3, 0.4) is 0 Å². The van der Waals surface area contributed by atoms with Gasteiger partial charge in [0.05, 0.1) is 18.6 Å². The zero-order valence-corrected chi connectivity index (χ0v) is 17.8. The summed E-state index contributed by atoms with van der Waals surface area (Å²) in [5, 5.41) is 11.0. The van der Waals surface area contributed by atoms with E-state index in [2.05, 4.69) is 9.80 Å². The van der Waals surface area contributed by atoms with Crippen LogP contribution in [0.4, 0.5) is 5.69 Å². The number of carbonyl (C=O) groups is 1. The van der Waals surface area contributed by atoms with Crippen LogP contribution in [0.2, 0.25) is 0 Å². The molecule has 9 heteroatoms. The number of benzene rings is 2. The number of Topliss-reactive ketones (excluding diaryl/α,β-unsaturated/α-hetero) is 1. The molecule has 0 bridgehead atoms. The molecule has 1 fully saturated rings. The number of halogens is 2. The van der Waals surface area contributed by atoms with Gasteiger partial charge in [-0.15, -0.1) is 24.8 Å². The van der Waals surface area contributed by atoms with Gasteiger partial charge in [0.2, 0.25) is 0 Å². The molecule has 0 saturated carbocycles. The number of carbonyl (C=O) groups excluding carboxylic acids is 1. The average Bonchev–Trinajstić information content (AvgIpc) is 2.70. The molecule has 2 aromatic rings. The molecule has 0 N–H and O–H groups in total. The van der Waals surface area contributed by atoms with E-state index in [1.807, 2.05) is 30.3 Å². The molecule has 2 aromatic carbocycles. The van der Waals surface area contributed by atoms with Crippen LogP contribution in [0, 0.1) is 10.1 Å². The van der Waals surface area contributed by atoms with E-state index in [0.29, 0.717) is 18.8 Å². The van der Waals surface area contributed by atoms with Crippen molar-refractivity contribution in [3.8, 4) is 5.75 Å². The lowest BCUT2D eigenvalue weighted by atomic mass is 10.1. The fourth-order valence-corrected chi connectivity index (χ4v) is 3.27. The van der Waals surface area contributed by atoms with E-state index in [1.165, 1.54) is 6.07 Å². The van der Waals surface area contributed by atoms with E-state index in [4.69, 9.17) is 4.74 Å². The maximum Gasteiger partial charge on any atom is 0.270 e. The van der Waals surface area contributed by atoms with Crippen LogP contribution in [0.15, 0.2) is 48.5 Å². The maximum atomic E-state index is 12.3. The van der Waals surface area contributed by atoms with Gasteiger partial charge >= 0.3 is 0 Å². The Balaban J connectivity index is 0.00000210. The Bertz CT molecular complexity index is 813. The highest BCUT2D eigenvalue weighted by Gasteiger charge is 2.21. The molecule has 3 rings (SSSR count). The number of ether oxygens (including phenoxy) is 1. The predicted molar refractivity (Wildman–Crippen MR) is 117 cm³/mol. The molecule has 0 spiro atoms. The average molecular weight is 442 g/mol. The molecular formula is C20H25Cl2N3O4. The topological polar surface area (TPSA) is 75.9 Å². The minimum Gasteiger partial charge on any atom is -0.496 e. The summed E-state index contributed by atoms with van der Waals surface area (Å²) in [6.45, 7) is 4.18. The first-order chi connectivity index (χ1) is 13.1. The fourth-order valence-electron chi connectivity index (χ4n) is 3.27. The van der Waals surface area contributed by atoms with Crippen molar-refractivity contribution in [1.82, 2.24) is 9.80 Å². The summed E-state index contributed by atoms with van der Waals surface area (Å²) < 4.78 is 5.34. The van der Waals surface area contributed by atoms with Gasteiger partial charge in [-0.2, -0.15) is 0 Å². The first-order valence-electron chi connectivity index (χ1n) is 8.91. The van der Waals surface area contributed by atoms with Crippen molar-refractivity contribution in [2.24, 2.45) is 0 Å². The largest absolute Gasteiger partial charge is 0.496 e. The molecule has 1 aliphatic heterocycles. The van der Waals surface area contributed by atoms with E-state index in [1.54, 1.807) is 19.2 Å². The number of hydrogen-bond donors (Lipinski definition) is 0. The molecule has 0 amide bonds. The third kappa shape index (κ3) is 6.68. The van der Waals surface area contributed by atoms with Crippen LogP contribution in [0.5, 0.6) is 5.75 Å². The smallest absolute Gasteiger partial charge is 0.270 e. The lowest BCUT2D eigenvalue weighted by Gasteiger charge is -2.34. The van der Waals surface area contributed by atoms with Crippen molar-refractivity contribution in [2.75, 3.05) is 39.8 Å². The Kier molecular flexibility index (Phi) is 10.0. The predicted octanol–water partition coefficient (Wildman–Crippen LogP) is 3.45. The van der Waals surface area contributed by atoms with Crippen molar-refractivity contribution in [3.63, 3.8) is 0 Å². The molecule has 7 nitrogen and oxygen atoms in total. The molecular weight excluding hydrogens is 417 g/mol. The van der Waals surface area contributed by atoms with Crippen molar-refractivity contribution in [3.05, 3.63) is 69.8 Å². The van der Waals surface area contributed by atoms with E-state index < -0.39 is 4.92 Å². The molecule has 29 heavy (non-hydrogen) atoms. The Morgan fingerprint density at radius 2 is 1.66 bits per heavy atom. The molecule has 0 aliphatic carbocycles. The van der Waals surface area contributed by atoms with Gasteiger partial charge in [-0.3, -0.25) is 24.7 Å². The third-order valence-electron chi connectivity index (χ3n) is 4.80. The number of hydrogen-bond acceptors (Lipinski definition) is 6. The third-order valence-corrected chi connectivity index (χ3v) is 4.80. The first kappa shape index (κ1) is 24.8. The van der Waals surface area contributed by atoms with Gasteiger partial charge in [-0.05, 0) is 6.07 Å². The number of methoxy groups -OCH3 is 1. The number of piperazine rings is 1. The second-order valence-electron chi connectivity index (χ2n) is 6.59. The monoisotopic (exact) mass is 441 g/mol. The van der Waals surface area contributed by atoms with E-state index in [0.717, 1.165) is 37.3 Å². The van der Waals surface area contributed by atoms with Crippen molar-refractivity contribution in [1.29, 1.82) is 0 Å². The number of ketones is 1.